The maximum absolute atomic E-state index is 12.6. The number of nitrogens with zero attached hydrogens (tertiary/aromatic N) is 1. The zero-order chi connectivity index (χ0) is 16.2. The van der Waals surface area contributed by atoms with Gasteiger partial charge in [0.1, 0.15) is 0 Å². The number of pyridine rings is 1. The van der Waals surface area contributed by atoms with E-state index in [2.05, 4.69) is 5.32 Å². The second-order valence-corrected chi connectivity index (χ2v) is 5.70. The van der Waals surface area contributed by atoms with Crippen LogP contribution in [0.4, 0.5) is 0 Å². The van der Waals surface area contributed by atoms with Gasteiger partial charge in [-0.15, -0.1) is 0 Å². The van der Waals surface area contributed by atoms with Crippen molar-refractivity contribution >= 4 is 16.8 Å². The summed E-state index contributed by atoms with van der Waals surface area (Å²) in [6.45, 7) is 4.75. The molecule has 0 aliphatic heterocycles. The molecule has 0 unspecified atom stereocenters. The molecule has 3 aromatic rings. The smallest absolute Gasteiger partial charge is 0.252 e. The van der Waals surface area contributed by atoms with Crippen molar-refractivity contribution < 1.29 is 4.79 Å². The summed E-state index contributed by atoms with van der Waals surface area (Å²) in [5, 5.41) is 3.87. The van der Waals surface area contributed by atoms with Crippen LogP contribution >= 0.6 is 0 Å². The van der Waals surface area contributed by atoms with Crippen LogP contribution in [0.1, 0.15) is 29.3 Å². The SMILES string of the molecule is CCCNC(=O)c1cc(-c2ccccc2)nc2ccc(C)cc12. The van der Waals surface area contributed by atoms with Crippen LogP contribution < -0.4 is 5.32 Å². The fourth-order valence-corrected chi connectivity index (χ4v) is 2.62. The van der Waals surface area contributed by atoms with Gasteiger partial charge in [-0.1, -0.05) is 48.9 Å². The number of aryl methyl sites for hydroxylation is 1. The molecule has 0 fully saturated rings. The van der Waals surface area contributed by atoms with Gasteiger partial charge in [0.05, 0.1) is 16.8 Å². The lowest BCUT2D eigenvalue weighted by molar-refractivity contribution is 0.0955. The molecule has 0 aliphatic carbocycles. The number of aromatic nitrogens is 1. The molecule has 3 heteroatoms. The van der Waals surface area contributed by atoms with E-state index < -0.39 is 0 Å². The molecular formula is C20H20N2O. The highest BCUT2D eigenvalue weighted by Crippen LogP contribution is 2.25. The van der Waals surface area contributed by atoms with E-state index in [4.69, 9.17) is 4.98 Å². The molecule has 1 aromatic heterocycles. The lowest BCUT2D eigenvalue weighted by Gasteiger charge is -2.11. The number of benzene rings is 2. The first kappa shape index (κ1) is 15.2. The minimum absolute atomic E-state index is 0.0398. The summed E-state index contributed by atoms with van der Waals surface area (Å²) in [5.41, 5.74) is 4.49. The maximum Gasteiger partial charge on any atom is 0.252 e. The van der Waals surface area contributed by atoms with Gasteiger partial charge in [-0.05, 0) is 31.5 Å². The number of carbonyl (C=O) groups is 1. The van der Waals surface area contributed by atoms with Crippen LogP contribution in [0.5, 0.6) is 0 Å². The largest absolute Gasteiger partial charge is 0.352 e. The minimum Gasteiger partial charge on any atom is -0.352 e. The molecule has 23 heavy (non-hydrogen) atoms. The zero-order valence-electron chi connectivity index (χ0n) is 13.5. The lowest BCUT2D eigenvalue weighted by Crippen LogP contribution is -2.24. The Bertz CT molecular complexity index is 841. The van der Waals surface area contributed by atoms with Gasteiger partial charge in [-0.25, -0.2) is 4.98 Å². The molecule has 0 aliphatic rings. The second kappa shape index (κ2) is 6.61. The Balaban J connectivity index is 2.18. The van der Waals surface area contributed by atoms with Crippen LogP contribution in [0, 0.1) is 6.92 Å². The number of rotatable bonds is 4. The van der Waals surface area contributed by atoms with Gasteiger partial charge in [0.15, 0.2) is 0 Å². The molecule has 0 atom stereocenters. The number of fused-ring (bicyclic) bond motifs is 1. The molecule has 1 heterocycles. The highest BCUT2D eigenvalue weighted by atomic mass is 16.1. The number of nitrogens with one attached hydrogen (secondary N) is 1. The Hall–Kier alpha value is -2.68. The third-order valence-corrected chi connectivity index (χ3v) is 3.81. The highest BCUT2D eigenvalue weighted by Gasteiger charge is 2.13. The average Bonchev–Trinajstić information content (AvgIpc) is 2.59. The predicted molar refractivity (Wildman–Crippen MR) is 94.5 cm³/mol. The Morgan fingerprint density at radius 3 is 2.61 bits per heavy atom. The van der Waals surface area contributed by atoms with Crippen molar-refractivity contribution in [2.45, 2.75) is 20.3 Å². The normalized spacial score (nSPS) is 10.7. The predicted octanol–water partition coefficient (Wildman–Crippen LogP) is 4.35. The monoisotopic (exact) mass is 304 g/mol. The first-order valence-corrected chi connectivity index (χ1v) is 7.94. The maximum atomic E-state index is 12.6. The quantitative estimate of drug-likeness (QED) is 0.778. The Kier molecular flexibility index (Phi) is 4.38. The van der Waals surface area contributed by atoms with Gasteiger partial charge in [0.2, 0.25) is 0 Å². The van der Waals surface area contributed by atoms with Crippen LogP contribution in [0.15, 0.2) is 54.6 Å². The number of hydrogen-bond donors (Lipinski definition) is 1. The van der Waals surface area contributed by atoms with E-state index in [1.165, 1.54) is 0 Å². The molecule has 116 valence electrons. The van der Waals surface area contributed by atoms with Crippen LogP contribution in [0.25, 0.3) is 22.2 Å². The summed E-state index contributed by atoms with van der Waals surface area (Å²) in [5.74, 6) is -0.0398. The summed E-state index contributed by atoms with van der Waals surface area (Å²) in [6, 6.07) is 17.9. The fourth-order valence-electron chi connectivity index (χ4n) is 2.62. The zero-order valence-corrected chi connectivity index (χ0v) is 13.5. The highest BCUT2D eigenvalue weighted by molar-refractivity contribution is 6.07. The first-order valence-electron chi connectivity index (χ1n) is 7.94. The van der Waals surface area contributed by atoms with Crippen molar-refractivity contribution in [1.29, 1.82) is 0 Å². The molecule has 0 spiro atoms. The molecule has 3 nitrogen and oxygen atoms in total. The summed E-state index contributed by atoms with van der Waals surface area (Å²) >= 11 is 0. The van der Waals surface area contributed by atoms with Crippen molar-refractivity contribution in [1.82, 2.24) is 10.3 Å². The molecule has 2 aromatic carbocycles. The Labute approximate surface area is 136 Å². The third-order valence-electron chi connectivity index (χ3n) is 3.81. The molecule has 1 amide bonds. The first-order chi connectivity index (χ1) is 11.2. The molecule has 0 radical (unpaired) electrons. The third kappa shape index (κ3) is 3.24. The van der Waals surface area contributed by atoms with E-state index >= 15 is 0 Å². The lowest BCUT2D eigenvalue weighted by atomic mass is 10.0. The molecule has 0 bridgehead atoms. The van der Waals surface area contributed by atoms with E-state index in [9.17, 15) is 4.79 Å². The molecule has 0 saturated heterocycles. The van der Waals surface area contributed by atoms with Crippen molar-refractivity contribution in [3.63, 3.8) is 0 Å². The van der Waals surface area contributed by atoms with Crippen molar-refractivity contribution in [2.75, 3.05) is 6.54 Å². The average molecular weight is 304 g/mol. The van der Waals surface area contributed by atoms with Crippen LogP contribution in [-0.4, -0.2) is 17.4 Å². The van der Waals surface area contributed by atoms with Gasteiger partial charge >= 0.3 is 0 Å². The summed E-state index contributed by atoms with van der Waals surface area (Å²) in [7, 11) is 0. The van der Waals surface area contributed by atoms with E-state index in [1.807, 2.05) is 68.4 Å². The van der Waals surface area contributed by atoms with E-state index in [-0.39, 0.29) is 5.91 Å². The fraction of sp³-hybridized carbons (Fsp3) is 0.200. The van der Waals surface area contributed by atoms with Crippen LogP contribution in [-0.2, 0) is 0 Å². The summed E-state index contributed by atoms with van der Waals surface area (Å²) < 4.78 is 0. The van der Waals surface area contributed by atoms with Crippen molar-refractivity contribution in [3.05, 3.63) is 65.7 Å². The summed E-state index contributed by atoms with van der Waals surface area (Å²) in [6.07, 6.45) is 0.916. The number of carbonyl (C=O) groups excluding carboxylic acids is 1. The van der Waals surface area contributed by atoms with Crippen molar-refractivity contribution in [2.24, 2.45) is 0 Å². The summed E-state index contributed by atoms with van der Waals surface area (Å²) in [4.78, 5) is 17.3. The molecule has 1 N–H and O–H groups in total. The molecular weight excluding hydrogens is 284 g/mol. The van der Waals surface area contributed by atoms with Gasteiger partial charge in [0, 0.05) is 17.5 Å². The van der Waals surface area contributed by atoms with Crippen LogP contribution in [0.3, 0.4) is 0 Å². The molecule has 0 saturated carbocycles. The minimum atomic E-state index is -0.0398. The van der Waals surface area contributed by atoms with Crippen LogP contribution in [0.2, 0.25) is 0 Å². The van der Waals surface area contributed by atoms with Gasteiger partial charge in [0.25, 0.3) is 5.91 Å². The number of amides is 1. The van der Waals surface area contributed by atoms with E-state index in [0.717, 1.165) is 34.1 Å². The Morgan fingerprint density at radius 2 is 1.87 bits per heavy atom. The van der Waals surface area contributed by atoms with Gasteiger partial charge in [-0.2, -0.15) is 0 Å². The topological polar surface area (TPSA) is 42.0 Å². The van der Waals surface area contributed by atoms with Gasteiger partial charge < -0.3 is 5.32 Å². The van der Waals surface area contributed by atoms with E-state index in [1.54, 1.807) is 0 Å². The standard InChI is InChI=1S/C20H20N2O/c1-3-11-21-20(23)17-13-19(15-7-5-4-6-8-15)22-18-10-9-14(2)12-16(17)18/h4-10,12-13H,3,11H2,1-2H3,(H,21,23). The van der Waals surface area contributed by atoms with E-state index in [0.29, 0.717) is 12.1 Å². The van der Waals surface area contributed by atoms with Crippen molar-refractivity contribution in [3.8, 4) is 11.3 Å². The number of hydrogen-bond acceptors (Lipinski definition) is 2. The Morgan fingerprint density at radius 1 is 1.09 bits per heavy atom. The van der Waals surface area contributed by atoms with Gasteiger partial charge in [-0.3, -0.25) is 4.79 Å². The second-order valence-electron chi connectivity index (χ2n) is 5.70. The molecule has 3 rings (SSSR count).